The summed E-state index contributed by atoms with van der Waals surface area (Å²) in [7, 11) is 1.95. The van der Waals surface area contributed by atoms with Crippen LogP contribution in [0.4, 0.5) is 0 Å². The molecule has 0 aliphatic rings. The molecule has 1 aromatic carbocycles. The van der Waals surface area contributed by atoms with Crippen molar-refractivity contribution in [2.45, 2.75) is 6.54 Å². The van der Waals surface area contributed by atoms with Crippen molar-refractivity contribution in [3.05, 3.63) is 42.7 Å². The molecular weight excluding hydrogens is 186 g/mol. The Bertz CT molecular complexity index is 406. The van der Waals surface area contributed by atoms with E-state index in [0.717, 1.165) is 13.1 Å². The third kappa shape index (κ3) is 2.44. The fourth-order valence-electron chi connectivity index (χ4n) is 1.49. The molecule has 0 radical (unpaired) electrons. The first-order valence-corrected chi connectivity index (χ1v) is 5.12. The van der Waals surface area contributed by atoms with Gasteiger partial charge in [0.25, 0.3) is 0 Å². The van der Waals surface area contributed by atoms with Crippen molar-refractivity contribution in [3.8, 4) is 11.1 Å². The minimum atomic E-state index is 0.906. The molecule has 3 heteroatoms. The predicted molar refractivity (Wildman–Crippen MR) is 61.6 cm³/mol. The van der Waals surface area contributed by atoms with Crippen molar-refractivity contribution in [1.29, 1.82) is 0 Å². The second-order valence-electron chi connectivity index (χ2n) is 3.46. The number of benzene rings is 1. The highest BCUT2D eigenvalue weighted by molar-refractivity contribution is 5.61. The van der Waals surface area contributed by atoms with Crippen LogP contribution in [0, 0.1) is 0 Å². The van der Waals surface area contributed by atoms with Gasteiger partial charge in [-0.15, -0.1) is 0 Å². The zero-order valence-electron chi connectivity index (χ0n) is 8.85. The van der Waals surface area contributed by atoms with Crippen LogP contribution in [-0.2, 0) is 6.54 Å². The fraction of sp³-hybridized carbons (Fsp3) is 0.250. The summed E-state index contributed by atoms with van der Waals surface area (Å²) < 4.78 is 1.96. The summed E-state index contributed by atoms with van der Waals surface area (Å²) in [6, 6.07) is 10.3. The van der Waals surface area contributed by atoms with Crippen LogP contribution in [0.5, 0.6) is 0 Å². The Labute approximate surface area is 89.7 Å². The van der Waals surface area contributed by atoms with E-state index in [1.54, 1.807) is 0 Å². The maximum Gasteiger partial charge on any atom is 0.0568 e. The molecule has 0 aliphatic heterocycles. The number of aromatic nitrogens is 2. The molecule has 0 unspecified atom stereocenters. The SMILES string of the molecule is CNCCn1cc(-c2ccccc2)cn1. The van der Waals surface area contributed by atoms with Crippen LogP contribution in [0.3, 0.4) is 0 Å². The first-order chi connectivity index (χ1) is 7.40. The lowest BCUT2D eigenvalue weighted by Crippen LogP contribution is -2.14. The van der Waals surface area contributed by atoms with Crippen molar-refractivity contribution in [2.75, 3.05) is 13.6 Å². The maximum absolute atomic E-state index is 4.31. The second-order valence-corrected chi connectivity index (χ2v) is 3.46. The molecule has 1 heterocycles. The molecule has 0 amide bonds. The van der Waals surface area contributed by atoms with E-state index < -0.39 is 0 Å². The summed E-state index contributed by atoms with van der Waals surface area (Å²) in [6.45, 7) is 1.85. The Balaban J connectivity index is 2.14. The zero-order valence-corrected chi connectivity index (χ0v) is 8.85. The molecule has 0 bridgehead atoms. The van der Waals surface area contributed by atoms with E-state index >= 15 is 0 Å². The van der Waals surface area contributed by atoms with Crippen molar-refractivity contribution >= 4 is 0 Å². The Morgan fingerprint density at radius 2 is 2.00 bits per heavy atom. The smallest absolute Gasteiger partial charge is 0.0568 e. The van der Waals surface area contributed by atoms with Gasteiger partial charge in [-0.25, -0.2) is 0 Å². The van der Waals surface area contributed by atoms with Crippen molar-refractivity contribution in [3.63, 3.8) is 0 Å². The lowest BCUT2D eigenvalue weighted by atomic mass is 10.1. The van der Waals surface area contributed by atoms with Crippen LogP contribution in [0.15, 0.2) is 42.7 Å². The van der Waals surface area contributed by atoms with Gasteiger partial charge in [-0.3, -0.25) is 4.68 Å². The topological polar surface area (TPSA) is 29.9 Å². The summed E-state index contributed by atoms with van der Waals surface area (Å²) in [5, 5.41) is 7.41. The van der Waals surface area contributed by atoms with E-state index in [9.17, 15) is 0 Å². The van der Waals surface area contributed by atoms with Gasteiger partial charge in [0, 0.05) is 18.3 Å². The number of hydrogen-bond acceptors (Lipinski definition) is 2. The average molecular weight is 201 g/mol. The van der Waals surface area contributed by atoms with Gasteiger partial charge in [-0.05, 0) is 12.6 Å². The van der Waals surface area contributed by atoms with E-state index in [2.05, 4.69) is 28.7 Å². The van der Waals surface area contributed by atoms with Crippen LogP contribution in [0.1, 0.15) is 0 Å². The molecule has 2 aromatic rings. The molecule has 3 nitrogen and oxygen atoms in total. The zero-order chi connectivity index (χ0) is 10.5. The third-order valence-electron chi connectivity index (χ3n) is 2.33. The number of nitrogens with zero attached hydrogens (tertiary/aromatic N) is 2. The maximum atomic E-state index is 4.31. The predicted octanol–water partition coefficient (Wildman–Crippen LogP) is 1.77. The van der Waals surface area contributed by atoms with E-state index in [1.807, 2.05) is 36.1 Å². The first kappa shape index (κ1) is 9.93. The molecule has 0 aliphatic carbocycles. The van der Waals surface area contributed by atoms with Crippen molar-refractivity contribution in [1.82, 2.24) is 15.1 Å². The monoisotopic (exact) mass is 201 g/mol. The number of likely N-dealkylation sites (N-methyl/N-ethyl adjacent to an activating group) is 1. The lowest BCUT2D eigenvalue weighted by Gasteiger charge is -1.99. The molecule has 0 atom stereocenters. The largest absolute Gasteiger partial charge is 0.318 e. The third-order valence-corrected chi connectivity index (χ3v) is 2.33. The Kier molecular flexibility index (Phi) is 3.15. The van der Waals surface area contributed by atoms with Crippen molar-refractivity contribution < 1.29 is 0 Å². The first-order valence-electron chi connectivity index (χ1n) is 5.12. The van der Waals surface area contributed by atoms with Crippen LogP contribution >= 0.6 is 0 Å². The highest BCUT2D eigenvalue weighted by atomic mass is 15.3. The fourth-order valence-corrected chi connectivity index (χ4v) is 1.49. The van der Waals surface area contributed by atoms with E-state index in [4.69, 9.17) is 0 Å². The summed E-state index contributed by atoms with van der Waals surface area (Å²) in [4.78, 5) is 0. The summed E-state index contributed by atoms with van der Waals surface area (Å²) in [5.74, 6) is 0. The van der Waals surface area contributed by atoms with Gasteiger partial charge in [-0.2, -0.15) is 5.10 Å². The normalized spacial score (nSPS) is 10.5. The summed E-state index contributed by atoms with van der Waals surface area (Å²) >= 11 is 0. The minimum absolute atomic E-state index is 0.906. The Morgan fingerprint density at radius 1 is 1.20 bits per heavy atom. The summed E-state index contributed by atoms with van der Waals surface area (Å²) in [5.41, 5.74) is 2.39. The van der Waals surface area contributed by atoms with Gasteiger partial charge in [0.2, 0.25) is 0 Å². The van der Waals surface area contributed by atoms with Gasteiger partial charge in [0.15, 0.2) is 0 Å². The molecule has 1 aromatic heterocycles. The molecule has 78 valence electrons. The molecule has 0 saturated carbocycles. The van der Waals surface area contributed by atoms with Crippen LogP contribution < -0.4 is 5.32 Å². The van der Waals surface area contributed by atoms with Gasteiger partial charge in [-0.1, -0.05) is 30.3 Å². The van der Waals surface area contributed by atoms with Gasteiger partial charge < -0.3 is 5.32 Å². The number of nitrogens with one attached hydrogen (secondary N) is 1. The molecule has 15 heavy (non-hydrogen) atoms. The molecular formula is C12H15N3. The van der Waals surface area contributed by atoms with E-state index in [1.165, 1.54) is 11.1 Å². The molecule has 0 spiro atoms. The lowest BCUT2D eigenvalue weighted by molar-refractivity contribution is 0.585. The Hall–Kier alpha value is -1.61. The molecule has 1 N–H and O–H groups in total. The second kappa shape index (κ2) is 4.75. The number of rotatable bonds is 4. The van der Waals surface area contributed by atoms with Crippen LogP contribution in [0.25, 0.3) is 11.1 Å². The minimum Gasteiger partial charge on any atom is -0.318 e. The highest BCUT2D eigenvalue weighted by Crippen LogP contribution is 2.17. The van der Waals surface area contributed by atoms with Gasteiger partial charge in [0.1, 0.15) is 0 Å². The van der Waals surface area contributed by atoms with Crippen molar-refractivity contribution in [2.24, 2.45) is 0 Å². The van der Waals surface area contributed by atoms with E-state index in [-0.39, 0.29) is 0 Å². The number of hydrogen-bond donors (Lipinski definition) is 1. The van der Waals surface area contributed by atoms with Gasteiger partial charge >= 0.3 is 0 Å². The molecule has 2 rings (SSSR count). The van der Waals surface area contributed by atoms with Crippen LogP contribution in [0.2, 0.25) is 0 Å². The van der Waals surface area contributed by atoms with Gasteiger partial charge in [0.05, 0.1) is 12.7 Å². The molecule has 0 fully saturated rings. The summed E-state index contributed by atoms with van der Waals surface area (Å²) in [6.07, 6.45) is 3.98. The Morgan fingerprint density at radius 3 is 2.73 bits per heavy atom. The standard InChI is InChI=1S/C12H15N3/c1-13-7-8-15-10-12(9-14-15)11-5-3-2-4-6-11/h2-6,9-10,13H,7-8H2,1H3. The molecule has 0 saturated heterocycles. The highest BCUT2D eigenvalue weighted by Gasteiger charge is 1.99. The van der Waals surface area contributed by atoms with E-state index in [0.29, 0.717) is 0 Å². The average Bonchev–Trinajstić information content (AvgIpc) is 2.76. The quantitative estimate of drug-likeness (QED) is 0.817. The van der Waals surface area contributed by atoms with Crippen LogP contribution in [-0.4, -0.2) is 23.4 Å².